The smallest absolute Gasteiger partial charge is 0.355 e. The SMILES string of the molecule is COC(=O)c1ccc2c(C(=O)OC)c(C(=O)OC)n(C)c2c1C(=O)OC. The first-order valence-electron chi connectivity index (χ1n) is 7.32. The Bertz CT molecular complexity index is 925. The van der Waals surface area contributed by atoms with Crippen LogP contribution in [-0.4, -0.2) is 56.9 Å². The molecule has 0 radical (unpaired) electrons. The minimum atomic E-state index is -0.829. The van der Waals surface area contributed by atoms with Crippen LogP contribution in [0.2, 0.25) is 0 Å². The van der Waals surface area contributed by atoms with Gasteiger partial charge in [0.25, 0.3) is 0 Å². The van der Waals surface area contributed by atoms with Crippen LogP contribution in [0.1, 0.15) is 41.6 Å². The van der Waals surface area contributed by atoms with E-state index in [1.54, 1.807) is 0 Å². The van der Waals surface area contributed by atoms with Gasteiger partial charge in [-0.25, -0.2) is 19.2 Å². The van der Waals surface area contributed by atoms with Crippen LogP contribution in [0.3, 0.4) is 0 Å². The van der Waals surface area contributed by atoms with Gasteiger partial charge in [-0.3, -0.25) is 0 Å². The fourth-order valence-electron chi connectivity index (χ4n) is 2.78. The van der Waals surface area contributed by atoms with Gasteiger partial charge in [-0.05, 0) is 6.07 Å². The summed E-state index contributed by atoms with van der Waals surface area (Å²) >= 11 is 0. The van der Waals surface area contributed by atoms with Crippen LogP contribution >= 0.6 is 0 Å². The summed E-state index contributed by atoms with van der Waals surface area (Å²) < 4.78 is 20.2. The number of nitrogens with zero attached hydrogens (tertiary/aromatic N) is 1. The summed E-state index contributed by atoms with van der Waals surface area (Å²) in [6.07, 6.45) is 0. The van der Waals surface area contributed by atoms with Crippen LogP contribution in [0.25, 0.3) is 10.9 Å². The molecule has 0 saturated heterocycles. The van der Waals surface area contributed by atoms with E-state index in [0.29, 0.717) is 0 Å². The van der Waals surface area contributed by atoms with Gasteiger partial charge in [-0.15, -0.1) is 0 Å². The molecule has 1 heterocycles. The predicted octanol–water partition coefficient (Wildman–Crippen LogP) is 1.32. The number of ether oxygens (including phenoxy) is 4. The Labute approximate surface area is 148 Å². The average molecular weight is 363 g/mol. The molecule has 0 atom stereocenters. The first-order valence-corrected chi connectivity index (χ1v) is 7.32. The number of aromatic nitrogens is 1. The lowest BCUT2D eigenvalue weighted by atomic mass is 10.0. The molecule has 1 aromatic carbocycles. The van der Waals surface area contributed by atoms with E-state index < -0.39 is 23.9 Å². The molecule has 0 spiro atoms. The van der Waals surface area contributed by atoms with Crippen molar-refractivity contribution in [3.63, 3.8) is 0 Å². The van der Waals surface area contributed by atoms with Crippen LogP contribution < -0.4 is 0 Å². The van der Waals surface area contributed by atoms with Crippen molar-refractivity contribution in [1.82, 2.24) is 4.57 Å². The number of rotatable bonds is 4. The zero-order valence-electron chi connectivity index (χ0n) is 14.9. The van der Waals surface area contributed by atoms with Crippen molar-refractivity contribution in [3.05, 3.63) is 34.5 Å². The number of methoxy groups -OCH3 is 4. The third kappa shape index (κ3) is 2.77. The molecule has 138 valence electrons. The minimum Gasteiger partial charge on any atom is -0.465 e. The van der Waals surface area contributed by atoms with Crippen LogP contribution in [0.4, 0.5) is 0 Å². The van der Waals surface area contributed by atoms with E-state index in [0.717, 1.165) is 21.3 Å². The molecule has 2 aromatic rings. The Balaban J connectivity index is 3.06. The van der Waals surface area contributed by atoms with E-state index in [4.69, 9.17) is 18.9 Å². The number of fused-ring (bicyclic) bond motifs is 1. The molecule has 0 N–H and O–H groups in total. The fourth-order valence-corrected chi connectivity index (χ4v) is 2.78. The lowest BCUT2D eigenvalue weighted by molar-refractivity contribution is 0.0549. The summed E-state index contributed by atoms with van der Waals surface area (Å²) in [6.45, 7) is 0. The Hall–Kier alpha value is -3.36. The van der Waals surface area contributed by atoms with Crippen molar-refractivity contribution in [2.75, 3.05) is 28.4 Å². The standard InChI is InChI=1S/C17H17NO8/c1-18-12-8(10(15(20)24-3)13(18)17(22)26-5)6-7-9(14(19)23-2)11(12)16(21)25-4/h6-7H,1-5H3. The third-order valence-electron chi connectivity index (χ3n) is 3.92. The van der Waals surface area contributed by atoms with E-state index >= 15 is 0 Å². The van der Waals surface area contributed by atoms with Gasteiger partial charge in [0.2, 0.25) is 0 Å². The zero-order chi connectivity index (χ0) is 19.6. The summed E-state index contributed by atoms with van der Waals surface area (Å²) in [5, 5.41) is 0.229. The van der Waals surface area contributed by atoms with Crippen molar-refractivity contribution >= 4 is 34.8 Å². The summed E-state index contributed by atoms with van der Waals surface area (Å²) in [5.41, 5.74) is -0.277. The lowest BCUT2D eigenvalue weighted by Crippen LogP contribution is -2.15. The van der Waals surface area contributed by atoms with Crippen LogP contribution in [-0.2, 0) is 26.0 Å². The molecular weight excluding hydrogens is 346 g/mol. The van der Waals surface area contributed by atoms with E-state index in [-0.39, 0.29) is 33.3 Å². The topological polar surface area (TPSA) is 110 Å². The summed E-state index contributed by atoms with van der Waals surface area (Å²) in [4.78, 5) is 48.9. The van der Waals surface area contributed by atoms with Crippen LogP contribution in [0, 0.1) is 0 Å². The number of benzene rings is 1. The second kappa shape index (κ2) is 7.26. The highest BCUT2D eigenvalue weighted by molar-refractivity contribution is 6.19. The van der Waals surface area contributed by atoms with Crippen molar-refractivity contribution in [1.29, 1.82) is 0 Å². The zero-order valence-corrected chi connectivity index (χ0v) is 14.9. The molecule has 0 aliphatic rings. The molecule has 0 unspecified atom stereocenters. The van der Waals surface area contributed by atoms with Crippen molar-refractivity contribution in [2.45, 2.75) is 0 Å². The molecule has 0 saturated carbocycles. The van der Waals surface area contributed by atoms with Gasteiger partial charge in [0.05, 0.1) is 45.1 Å². The first-order chi connectivity index (χ1) is 12.3. The molecule has 2 rings (SSSR count). The molecule has 0 aliphatic carbocycles. The maximum absolute atomic E-state index is 12.3. The molecule has 0 amide bonds. The Morgan fingerprint density at radius 1 is 0.731 bits per heavy atom. The summed E-state index contributed by atoms with van der Waals surface area (Å²) in [5.74, 6) is -3.20. The van der Waals surface area contributed by atoms with Crippen LogP contribution in [0.5, 0.6) is 0 Å². The van der Waals surface area contributed by atoms with Crippen LogP contribution in [0.15, 0.2) is 12.1 Å². The number of aryl methyl sites for hydroxylation is 1. The van der Waals surface area contributed by atoms with Gasteiger partial charge < -0.3 is 23.5 Å². The van der Waals surface area contributed by atoms with Crippen molar-refractivity contribution in [2.24, 2.45) is 7.05 Å². The third-order valence-corrected chi connectivity index (χ3v) is 3.92. The molecule has 9 heteroatoms. The predicted molar refractivity (Wildman–Crippen MR) is 88.3 cm³/mol. The highest BCUT2D eigenvalue weighted by Crippen LogP contribution is 2.32. The van der Waals surface area contributed by atoms with Gasteiger partial charge in [0.15, 0.2) is 0 Å². The van der Waals surface area contributed by atoms with E-state index in [1.165, 1.54) is 30.9 Å². The number of hydrogen-bond acceptors (Lipinski definition) is 8. The number of esters is 4. The lowest BCUT2D eigenvalue weighted by Gasteiger charge is -2.10. The molecule has 0 bridgehead atoms. The molecule has 0 fully saturated rings. The van der Waals surface area contributed by atoms with Crippen molar-refractivity contribution < 1.29 is 38.1 Å². The molecule has 9 nitrogen and oxygen atoms in total. The molecular formula is C17H17NO8. The van der Waals surface area contributed by atoms with E-state index in [9.17, 15) is 19.2 Å². The molecule has 1 aromatic heterocycles. The van der Waals surface area contributed by atoms with Gasteiger partial charge in [-0.2, -0.15) is 0 Å². The van der Waals surface area contributed by atoms with E-state index in [1.807, 2.05) is 0 Å². The average Bonchev–Trinajstić information content (AvgIpc) is 2.97. The highest BCUT2D eigenvalue weighted by Gasteiger charge is 2.32. The van der Waals surface area contributed by atoms with Gasteiger partial charge in [-0.1, -0.05) is 6.07 Å². The number of carbonyl (C=O) groups is 4. The highest BCUT2D eigenvalue weighted by atomic mass is 16.5. The number of carbonyl (C=O) groups excluding carboxylic acids is 4. The number of hydrogen-bond donors (Lipinski definition) is 0. The maximum atomic E-state index is 12.3. The monoisotopic (exact) mass is 363 g/mol. The quantitative estimate of drug-likeness (QED) is 0.591. The molecule has 26 heavy (non-hydrogen) atoms. The normalized spacial score (nSPS) is 10.3. The largest absolute Gasteiger partial charge is 0.465 e. The van der Waals surface area contributed by atoms with Gasteiger partial charge >= 0.3 is 23.9 Å². The first kappa shape index (κ1) is 19.0. The van der Waals surface area contributed by atoms with Gasteiger partial charge in [0, 0.05) is 12.4 Å². The van der Waals surface area contributed by atoms with Gasteiger partial charge in [0.1, 0.15) is 11.3 Å². The summed E-state index contributed by atoms with van der Waals surface area (Å²) in [6, 6.07) is 2.74. The maximum Gasteiger partial charge on any atom is 0.355 e. The summed E-state index contributed by atoms with van der Waals surface area (Å²) in [7, 11) is 6.08. The minimum absolute atomic E-state index is 0.0692. The van der Waals surface area contributed by atoms with E-state index in [2.05, 4.69) is 0 Å². The molecule has 0 aliphatic heterocycles. The second-order valence-corrected chi connectivity index (χ2v) is 5.13. The fraction of sp³-hybridized carbons (Fsp3) is 0.294. The Morgan fingerprint density at radius 2 is 1.23 bits per heavy atom. The Kier molecular flexibility index (Phi) is 5.30. The van der Waals surface area contributed by atoms with Crippen molar-refractivity contribution in [3.8, 4) is 0 Å². The Morgan fingerprint density at radius 3 is 1.73 bits per heavy atom. The second-order valence-electron chi connectivity index (χ2n) is 5.13.